The minimum atomic E-state index is 0.233. The van der Waals surface area contributed by atoms with Crippen LogP contribution in [0.5, 0.6) is 5.75 Å². The third-order valence-corrected chi connectivity index (χ3v) is 9.07. The Morgan fingerprint density at radius 1 is 1.08 bits per heavy atom. The highest BCUT2D eigenvalue weighted by molar-refractivity contribution is 6.30. The number of fused-ring (bicyclic) bond motifs is 1. The van der Waals surface area contributed by atoms with Crippen molar-refractivity contribution in [3.05, 3.63) is 64.8 Å². The van der Waals surface area contributed by atoms with Crippen molar-refractivity contribution < 1.29 is 9.53 Å². The molecule has 204 valence electrons. The van der Waals surface area contributed by atoms with Gasteiger partial charge in [-0.25, -0.2) is 0 Å². The van der Waals surface area contributed by atoms with Gasteiger partial charge in [0.15, 0.2) is 5.78 Å². The van der Waals surface area contributed by atoms with Crippen LogP contribution in [-0.4, -0.2) is 47.5 Å². The number of hydrogen-bond acceptors (Lipinski definition) is 4. The van der Waals surface area contributed by atoms with Gasteiger partial charge in [-0.15, -0.1) is 0 Å². The molecule has 1 aromatic heterocycles. The molecule has 0 radical (unpaired) electrons. The summed E-state index contributed by atoms with van der Waals surface area (Å²) in [5.41, 5.74) is 2.83. The van der Waals surface area contributed by atoms with E-state index in [4.69, 9.17) is 16.3 Å². The predicted molar refractivity (Wildman–Crippen MR) is 156 cm³/mol. The van der Waals surface area contributed by atoms with E-state index in [2.05, 4.69) is 33.8 Å². The molecule has 5 rings (SSSR count). The molecular weight excluding hydrogens is 494 g/mol. The Morgan fingerprint density at radius 3 is 2.58 bits per heavy atom. The van der Waals surface area contributed by atoms with E-state index < -0.39 is 0 Å². The van der Waals surface area contributed by atoms with E-state index in [-0.39, 0.29) is 5.78 Å². The highest BCUT2D eigenvalue weighted by atomic mass is 35.5. The Bertz CT molecular complexity index is 1210. The average Bonchev–Trinajstić information content (AvgIpc) is 3.23. The molecule has 1 N–H and O–H groups in total. The first-order valence-corrected chi connectivity index (χ1v) is 14.8. The number of likely N-dealkylation sites (tertiary alicyclic amines) is 1. The number of para-hydroxylation sites is 1. The highest BCUT2D eigenvalue weighted by Gasteiger charge is 2.27. The molecule has 0 spiro atoms. The van der Waals surface area contributed by atoms with Crippen LogP contribution in [0.25, 0.3) is 10.9 Å². The minimum Gasteiger partial charge on any atom is -0.487 e. The molecule has 2 saturated heterocycles. The second-order valence-electron chi connectivity index (χ2n) is 11.4. The standard InChI is InChI=1S/C32H42ClN3O2/c1-23(20-25-6-5-17-34-21-25)36-18-15-24(16-19-36)9-14-31(37)32-28-7-3-4-8-29(28)35(2)30(32)22-38-27-12-10-26(33)11-13-27/h3-4,7-8,10-13,23-25,34H,5-6,9,14-22H2,1-2H3. The summed E-state index contributed by atoms with van der Waals surface area (Å²) in [5.74, 6) is 2.44. The van der Waals surface area contributed by atoms with Gasteiger partial charge in [-0.2, -0.15) is 0 Å². The van der Waals surface area contributed by atoms with Crippen molar-refractivity contribution in [3.63, 3.8) is 0 Å². The van der Waals surface area contributed by atoms with Crippen molar-refractivity contribution in [1.82, 2.24) is 14.8 Å². The Hall–Kier alpha value is -2.34. The van der Waals surface area contributed by atoms with Crippen molar-refractivity contribution >= 4 is 28.3 Å². The number of benzene rings is 2. The van der Waals surface area contributed by atoms with Crippen LogP contribution < -0.4 is 10.1 Å². The minimum absolute atomic E-state index is 0.233. The first kappa shape index (κ1) is 27.2. The molecule has 38 heavy (non-hydrogen) atoms. The summed E-state index contributed by atoms with van der Waals surface area (Å²) < 4.78 is 8.20. The molecule has 2 aromatic carbocycles. The molecular formula is C32H42ClN3O2. The van der Waals surface area contributed by atoms with Gasteiger partial charge in [-0.3, -0.25) is 4.79 Å². The number of hydrogen-bond donors (Lipinski definition) is 1. The molecule has 0 saturated carbocycles. The molecule has 2 aliphatic heterocycles. The van der Waals surface area contributed by atoms with Gasteiger partial charge in [-0.1, -0.05) is 29.8 Å². The maximum absolute atomic E-state index is 13.7. The van der Waals surface area contributed by atoms with Crippen LogP contribution >= 0.6 is 11.6 Å². The number of carbonyl (C=O) groups excluding carboxylic acids is 1. The second kappa shape index (κ2) is 12.7. The maximum Gasteiger partial charge on any atom is 0.165 e. The molecule has 2 fully saturated rings. The Labute approximate surface area is 232 Å². The topological polar surface area (TPSA) is 46.5 Å². The van der Waals surface area contributed by atoms with E-state index in [9.17, 15) is 4.79 Å². The maximum atomic E-state index is 13.7. The highest BCUT2D eigenvalue weighted by Crippen LogP contribution is 2.31. The van der Waals surface area contributed by atoms with Gasteiger partial charge in [0.25, 0.3) is 0 Å². The Balaban J connectivity index is 1.19. The van der Waals surface area contributed by atoms with Gasteiger partial charge in [0, 0.05) is 41.0 Å². The molecule has 0 bridgehead atoms. The van der Waals surface area contributed by atoms with Crippen molar-refractivity contribution in [2.24, 2.45) is 18.9 Å². The van der Waals surface area contributed by atoms with Gasteiger partial charge in [0.05, 0.1) is 5.69 Å². The third kappa shape index (κ3) is 6.44. The molecule has 3 aromatic rings. The molecule has 3 heterocycles. The fourth-order valence-electron chi connectivity index (χ4n) is 6.51. The quantitative estimate of drug-likeness (QED) is 0.288. The lowest BCUT2D eigenvalue weighted by atomic mass is 9.87. The summed E-state index contributed by atoms with van der Waals surface area (Å²) >= 11 is 6.03. The van der Waals surface area contributed by atoms with Crippen molar-refractivity contribution in [2.75, 3.05) is 26.2 Å². The Morgan fingerprint density at radius 2 is 1.84 bits per heavy atom. The van der Waals surface area contributed by atoms with E-state index in [0.717, 1.165) is 53.3 Å². The van der Waals surface area contributed by atoms with E-state index in [0.29, 0.717) is 30.0 Å². The second-order valence-corrected chi connectivity index (χ2v) is 11.8. The van der Waals surface area contributed by atoms with Crippen molar-refractivity contribution in [3.8, 4) is 5.75 Å². The van der Waals surface area contributed by atoms with Crippen LogP contribution in [0.4, 0.5) is 0 Å². The number of aryl methyl sites for hydroxylation is 1. The largest absolute Gasteiger partial charge is 0.487 e. The zero-order chi connectivity index (χ0) is 26.5. The zero-order valence-corrected chi connectivity index (χ0v) is 23.7. The number of nitrogens with zero attached hydrogens (tertiary/aromatic N) is 2. The lowest BCUT2D eigenvalue weighted by Crippen LogP contribution is -2.42. The SMILES string of the molecule is CC(CC1CCCNC1)N1CCC(CCC(=O)c2c(COc3ccc(Cl)cc3)n(C)c3ccccc23)CC1. The summed E-state index contributed by atoms with van der Waals surface area (Å²) in [7, 11) is 2.03. The van der Waals surface area contributed by atoms with Gasteiger partial charge in [-0.05, 0) is 114 Å². The van der Waals surface area contributed by atoms with Gasteiger partial charge < -0.3 is 19.5 Å². The molecule has 6 heteroatoms. The van der Waals surface area contributed by atoms with Crippen LogP contribution in [0, 0.1) is 11.8 Å². The molecule has 0 aliphatic carbocycles. The first-order valence-electron chi connectivity index (χ1n) is 14.4. The van der Waals surface area contributed by atoms with Crippen LogP contribution in [0.1, 0.15) is 67.9 Å². The summed E-state index contributed by atoms with van der Waals surface area (Å²) in [5, 5.41) is 5.26. The average molecular weight is 536 g/mol. The first-order chi connectivity index (χ1) is 18.5. The van der Waals surface area contributed by atoms with Gasteiger partial charge in [0.1, 0.15) is 12.4 Å². The molecule has 2 atom stereocenters. The van der Waals surface area contributed by atoms with Crippen LogP contribution in [0.2, 0.25) is 5.02 Å². The summed E-state index contributed by atoms with van der Waals surface area (Å²) in [6, 6.07) is 16.2. The van der Waals surface area contributed by atoms with E-state index >= 15 is 0 Å². The van der Waals surface area contributed by atoms with Gasteiger partial charge >= 0.3 is 0 Å². The lowest BCUT2D eigenvalue weighted by molar-refractivity contribution is 0.0938. The van der Waals surface area contributed by atoms with Crippen LogP contribution in [0.15, 0.2) is 48.5 Å². The van der Waals surface area contributed by atoms with Gasteiger partial charge in [0.2, 0.25) is 0 Å². The smallest absolute Gasteiger partial charge is 0.165 e. The van der Waals surface area contributed by atoms with Crippen LogP contribution in [0.3, 0.4) is 0 Å². The van der Waals surface area contributed by atoms with Crippen molar-refractivity contribution in [2.45, 2.75) is 64.5 Å². The zero-order valence-electron chi connectivity index (χ0n) is 22.9. The van der Waals surface area contributed by atoms with E-state index in [1.807, 2.05) is 43.4 Å². The number of Topliss-reactive ketones (excluding diaryl/α,β-unsaturated/α-hetero) is 1. The number of carbonyl (C=O) groups is 1. The number of rotatable bonds is 10. The Kier molecular flexibility index (Phi) is 9.08. The molecule has 2 aliphatic rings. The molecule has 5 nitrogen and oxygen atoms in total. The monoisotopic (exact) mass is 535 g/mol. The fraction of sp³-hybridized carbons (Fsp3) is 0.531. The normalized spacial score (nSPS) is 20.0. The van der Waals surface area contributed by atoms with E-state index in [1.54, 1.807) is 0 Å². The predicted octanol–water partition coefficient (Wildman–Crippen LogP) is 6.86. The number of nitrogens with one attached hydrogen (secondary N) is 1. The molecule has 2 unspecified atom stereocenters. The number of piperidine rings is 2. The lowest BCUT2D eigenvalue weighted by Gasteiger charge is -2.38. The molecule has 0 amide bonds. The summed E-state index contributed by atoms with van der Waals surface area (Å²) in [4.78, 5) is 16.4. The van der Waals surface area contributed by atoms with E-state index in [1.165, 1.54) is 45.2 Å². The summed E-state index contributed by atoms with van der Waals surface area (Å²) in [6.07, 6.45) is 7.95. The van der Waals surface area contributed by atoms with Crippen LogP contribution in [-0.2, 0) is 13.7 Å². The fourth-order valence-corrected chi connectivity index (χ4v) is 6.63. The summed E-state index contributed by atoms with van der Waals surface area (Å²) in [6.45, 7) is 7.45. The van der Waals surface area contributed by atoms with Crippen molar-refractivity contribution in [1.29, 1.82) is 0 Å². The third-order valence-electron chi connectivity index (χ3n) is 8.82. The number of halogens is 1. The number of ketones is 1. The number of aromatic nitrogens is 1. The number of ether oxygens (including phenoxy) is 1.